The first-order valence-electron chi connectivity index (χ1n) is 5.47. The molecule has 0 aliphatic rings. The van der Waals surface area contributed by atoms with Gasteiger partial charge in [0.05, 0.1) is 7.11 Å². The molecule has 0 unspecified atom stereocenters. The van der Waals surface area contributed by atoms with E-state index >= 15 is 0 Å². The molecule has 0 saturated carbocycles. The molecule has 0 aliphatic heterocycles. The molecule has 0 fully saturated rings. The van der Waals surface area contributed by atoms with Crippen molar-refractivity contribution in [1.29, 1.82) is 0 Å². The van der Waals surface area contributed by atoms with Crippen LogP contribution in [-0.4, -0.2) is 19.6 Å². The van der Waals surface area contributed by atoms with E-state index in [1.54, 1.807) is 19.3 Å². The molecule has 0 spiro atoms. The fourth-order valence-electron chi connectivity index (χ4n) is 1.27. The van der Waals surface area contributed by atoms with Crippen molar-refractivity contribution in [3.8, 4) is 5.75 Å². The lowest BCUT2D eigenvalue weighted by molar-refractivity contribution is -0.116. The minimum atomic E-state index is -0.102. The van der Waals surface area contributed by atoms with Crippen molar-refractivity contribution < 1.29 is 9.53 Å². The summed E-state index contributed by atoms with van der Waals surface area (Å²) in [5.41, 5.74) is 0.934. The average molecular weight is 231 g/mol. The maximum absolute atomic E-state index is 11.4. The Morgan fingerprint density at radius 1 is 1.53 bits per heavy atom. The lowest BCUT2D eigenvalue weighted by Gasteiger charge is -2.00. The molecule has 0 bridgehead atoms. The molecule has 3 heteroatoms. The van der Waals surface area contributed by atoms with Gasteiger partial charge in [-0.3, -0.25) is 4.79 Å². The Balaban J connectivity index is 2.51. The van der Waals surface area contributed by atoms with Gasteiger partial charge in [0, 0.05) is 12.6 Å². The number of ether oxygens (including phenoxy) is 1. The molecule has 0 aliphatic carbocycles. The van der Waals surface area contributed by atoms with E-state index in [9.17, 15) is 4.79 Å². The predicted octanol–water partition coefficient (Wildman–Crippen LogP) is 2.40. The first-order chi connectivity index (χ1) is 8.26. The second-order valence-corrected chi connectivity index (χ2v) is 3.48. The minimum Gasteiger partial charge on any atom is -0.497 e. The van der Waals surface area contributed by atoms with Crippen molar-refractivity contribution >= 4 is 12.0 Å². The van der Waals surface area contributed by atoms with Crippen molar-refractivity contribution in [3.63, 3.8) is 0 Å². The number of hydrogen-bond acceptors (Lipinski definition) is 2. The van der Waals surface area contributed by atoms with Crippen LogP contribution in [0.1, 0.15) is 12.0 Å². The molecule has 90 valence electrons. The minimum absolute atomic E-state index is 0.102. The normalized spacial score (nSPS) is 10.2. The molecule has 0 radical (unpaired) electrons. The van der Waals surface area contributed by atoms with Crippen LogP contribution in [0.2, 0.25) is 0 Å². The van der Waals surface area contributed by atoms with Crippen molar-refractivity contribution in [3.05, 3.63) is 48.6 Å². The van der Waals surface area contributed by atoms with Crippen molar-refractivity contribution in [1.82, 2.24) is 5.32 Å². The van der Waals surface area contributed by atoms with Crippen LogP contribution in [-0.2, 0) is 4.79 Å². The number of carbonyl (C=O) groups is 1. The van der Waals surface area contributed by atoms with E-state index in [2.05, 4.69) is 11.9 Å². The molecular formula is C14H17NO2. The Morgan fingerprint density at radius 2 is 2.35 bits per heavy atom. The average Bonchev–Trinajstić information content (AvgIpc) is 2.37. The Hall–Kier alpha value is -2.03. The highest BCUT2D eigenvalue weighted by Gasteiger charge is 1.94. The summed E-state index contributed by atoms with van der Waals surface area (Å²) >= 11 is 0. The lowest BCUT2D eigenvalue weighted by atomic mass is 10.2. The van der Waals surface area contributed by atoms with Gasteiger partial charge in [-0.05, 0) is 30.2 Å². The monoisotopic (exact) mass is 231 g/mol. The summed E-state index contributed by atoms with van der Waals surface area (Å²) in [6.45, 7) is 4.20. The van der Waals surface area contributed by atoms with E-state index in [1.165, 1.54) is 6.08 Å². The summed E-state index contributed by atoms with van der Waals surface area (Å²) in [6, 6.07) is 7.53. The fourth-order valence-corrected chi connectivity index (χ4v) is 1.27. The van der Waals surface area contributed by atoms with Gasteiger partial charge in [0.1, 0.15) is 5.75 Å². The van der Waals surface area contributed by atoms with Gasteiger partial charge >= 0.3 is 0 Å². The Labute approximate surface area is 102 Å². The van der Waals surface area contributed by atoms with Crippen molar-refractivity contribution in [2.75, 3.05) is 13.7 Å². The van der Waals surface area contributed by atoms with E-state index in [-0.39, 0.29) is 5.91 Å². The van der Waals surface area contributed by atoms with Gasteiger partial charge in [-0.15, -0.1) is 6.58 Å². The molecule has 0 heterocycles. The second-order valence-electron chi connectivity index (χ2n) is 3.48. The molecule has 17 heavy (non-hydrogen) atoms. The zero-order chi connectivity index (χ0) is 12.5. The standard InChI is InChI=1S/C14H17NO2/c1-3-4-10-15-14(16)9-8-12-6-5-7-13(11-12)17-2/h3,5-9,11H,1,4,10H2,2H3,(H,15,16)/b9-8+. The van der Waals surface area contributed by atoms with E-state index in [4.69, 9.17) is 4.74 Å². The van der Waals surface area contributed by atoms with Crippen LogP contribution in [0.25, 0.3) is 6.08 Å². The summed E-state index contributed by atoms with van der Waals surface area (Å²) in [4.78, 5) is 11.4. The number of benzene rings is 1. The first-order valence-corrected chi connectivity index (χ1v) is 5.47. The van der Waals surface area contributed by atoms with Gasteiger partial charge < -0.3 is 10.1 Å². The van der Waals surface area contributed by atoms with Gasteiger partial charge in [-0.25, -0.2) is 0 Å². The highest BCUT2D eigenvalue weighted by molar-refractivity contribution is 5.91. The van der Waals surface area contributed by atoms with Crippen LogP contribution < -0.4 is 10.1 Å². The van der Waals surface area contributed by atoms with Crippen molar-refractivity contribution in [2.45, 2.75) is 6.42 Å². The van der Waals surface area contributed by atoms with Gasteiger partial charge in [0.25, 0.3) is 0 Å². The fraction of sp³-hybridized carbons (Fsp3) is 0.214. The number of hydrogen-bond donors (Lipinski definition) is 1. The molecule has 1 amide bonds. The second kappa shape index (κ2) is 7.28. The molecule has 3 nitrogen and oxygen atoms in total. The van der Waals surface area contributed by atoms with Crippen LogP contribution in [0.5, 0.6) is 5.75 Å². The van der Waals surface area contributed by atoms with E-state index in [0.717, 1.165) is 17.7 Å². The Morgan fingerprint density at radius 3 is 3.06 bits per heavy atom. The first kappa shape index (κ1) is 13.0. The number of nitrogens with one attached hydrogen (secondary N) is 1. The quantitative estimate of drug-likeness (QED) is 0.464. The largest absolute Gasteiger partial charge is 0.497 e. The molecule has 0 saturated heterocycles. The summed E-state index contributed by atoms with van der Waals surface area (Å²) in [7, 11) is 1.62. The predicted molar refractivity (Wildman–Crippen MR) is 69.9 cm³/mol. The van der Waals surface area contributed by atoms with E-state index in [0.29, 0.717) is 6.54 Å². The molecule has 1 rings (SSSR count). The smallest absolute Gasteiger partial charge is 0.244 e. The summed E-state index contributed by atoms with van der Waals surface area (Å²) in [5, 5.41) is 2.75. The number of rotatable bonds is 6. The Kier molecular flexibility index (Phi) is 5.58. The van der Waals surface area contributed by atoms with Gasteiger partial charge in [0.2, 0.25) is 5.91 Å². The highest BCUT2D eigenvalue weighted by Crippen LogP contribution is 2.13. The molecule has 1 aromatic rings. The summed E-state index contributed by atoms with van der Waals surface area (Å²) < 4.78 is 5.10. The highest BCUT2D eigenvalue weighted by atomic mass is 16.5. The van der Waals surface area contributed by atoms with Crippen LogP contribution in [0.3, 0.4) is 0 Å². The number of carbonyl (C=O) groups excluding carboxylic acids is 1. The topological polar surface area (TPSA) is 38.3 Å². The van der Waals surface area contributed by atoms with Gasteiger partial charge in [0.15, 0.2) is 0 Å². The third kappa shape index (κ3) is 5.02. The SMILES string of the molecule is C=CCCNC(=O)/C=C/c1cccc(OC)c1. The van der Waals surface area contributed by atoms with Crippen LogP contribution in [0.15, 0.2) is 43.0 Å². The third-order valence-corrected chi connectivity index (χ3v) is 2.17. The van der Waals surface area contributed by atoms with Crippen LogP contribution in [0, 0.1) is 0 Å². The van der Waals surface area contributed by atoms with Gasteiger partial charge in [-0.2, -0.15) is 0 Å². The maximum atomic E-state index is 11.4. The Bertz CT molecular complexity index is 410. The molecular weight excluding hydrogens is 214 g/mol. The zero-order valence-electron chi connectivity index (χ0n) is 9.98. The van der Waals surface area contributed by atoms with Gasteiger partial charge in [-0.1, -0.05) is 18.2 Å². The van der Waals surface area contributed by atoms with Crippen molar-refractivity contribution in [2.24, 2.45) is 0 Å². The zero-order valence-corrected chi connectivity index (χ0v) is 9.98. The number of methoxy groups -OCH3 is 1. The van der Waals surface area contributed by atoms with Crippen LogP contribution in [0.4, 0.5) is 0 Å². The molecule has 1 N–H and O–H groups in total. The third-order valence-electron chi connectivity index (χ3n) is 2.17. The molecule has 0 atom stereocenters. The molecule has 1 aromatic carbocycles. The number of amides is 1. The summed E-state index contributed by atoms with van der Waals surface area (Å²) in [5.74, 6) is 0.675. The molecule has 0 aromatic heterocycles. The van der Waals surface area contributed by atoms with E-state index in [1.807, 2.05) is 24.3 Å². The lowest BCUT2D eigenvalue weighted by Crippen LogP contribution is -2.21. The maximum Gasteiger partial charge on any atom is 0.244 e. The summed E-state index contributed by atoms with van der Waals surface area (Å²) in [6.07, 6.45) is 5.81. The van der Waals surface area contributed by atoms with Crippen LogP contribution >= 0.6 is 0 Å². The van der Waals surface area contributed by atoms with E-state index < -0.39 is 0 Å².